The molecule has 0 spiro atoms. The highest BCUT2D eigenvalue weighted by Gasteiger charge is 1.84. The number of carbonyl (C=O) groups is 1. The number of terminal acetylenes is 1. The van der Waals surface area contributed by atoms with Crippen molar-refractivity contribution in [2.45, 2.75) is 0 Å². The molecule has 0 unspecified atom stereocenters. The minimum atomic E-state index is -0.835. The van der Waals surface area contributed by atoms with Gasteiger partial charge >= 0.3 is 6.09 Å². The molecule has 0 aromatic heterocycles. The third kappa shape index (κ3) is 8.93. The predicted molar refractivity (Wildman–Crippen MR) is 31.6 cm³/mol. The average molecular weight is 136 g/mol. The van der Waals surface area contributed by atoms with Crippen molar-refractivity contribution in [2.75, 3.05) is 6.61 Å². The molecule has 8 heavy (non-hydrogen) atoms. The SMILES string of the molecule is C#CCOC(N)=O.Cl. The van der Waals surface area contributed by atoms with Crippen molar-refractivity contribution >= 4 is 18.5 Å². The third-order valence-corrected chi connectivity index (χ3v) is 0.298. The minimum Gasteiger partial charge on any atom is -0.437 e. The molecule has 4 heteroatoms. The first kappa shape index (κ1) is 10.2. The van der Waals surface area contributed by atoms with Gasteiger partial charge in [-0.3, -0.25) is 0 Å². The van der Waals surface area contributed by atoms with E-state index < -0.39 is 6.09 Å². The zero-order chi connectivity index (χ0) is 5.70. The molecule has 0 aliphatic heterocycles. The number of hydrogen-bond donors (Lipinski definition) is 1. The number of hydrogen-bond acceptors (Lipinski definition) is 2. The molecule has 46 valence electrons. The Morgan fingerprint density at radius 2 is 2.38 bits per heavy atom. The second-order valence-corrected chi connectivity index (χ2v) is 0.812. The maximum Gasteiger partial charge on any atom is 0.405 e. The van der Waals surface area contributed by atoms with Crippen LogP contribution >= 0.6 is 12.4 Å². The lowest BCUT2D eigenvalue weighted by molar-refractivity contribution is 0.171. The number of carbonyl (C=O) groups excluding carboxylic acids is 1. The second-order valence-electron chi connectivity index (χ2n) is 0.812. The van der Waals surface area contributed by atoms with Gasteiger partial charge < -0.3 is 10.5 Å². The van der Waals surface area contributed by atoms with Crippen LogP contribution in [0.3, 0.4) is 0 Å². The summed E-state index contributed by atoms with van der Waals surface area (Å²) in [6.07, 6.45) is 3.86. The van der Waals surface area contributed by atoms with Crippen molar-refractivity contribution in [2.24, 2.45) is 5.73 Å². The van der Waals surface area contributed by atoms with Gasteiger partial charge in [0.15, 0.2) is 6.61 Å². The Labute approximate surface area is 53.6 Å². The summed E-state index contributed by atoms with van der Waals surface area (Å²) in [5.74, 6) is 2.08. The molecule has 0 rings (SSSR count). The minimum absolute atomic E-state index is 0. The first-order valence-electron chi connectivity index (χ1n) is 1.63. The van der Waals surface area contributed by atoms with Crippen LogP contribution in [0.4, 0.5) is 4.79 Å². The monoisotopic (exact) mass is 135 g/mol. The van der Waals surface area contributed by atoms with Gasteiger partial charge in [0.2, 0.25) is 0 Å². The topological polar surface area (TPSA) is 52.3 Å². The van der Waals surface area contributed by atoms with Crippen LogP contribution in [0.5, 0.6) is 0 Å². The molecule has 3 nitrogen and oxygen atoms in total. The van der Waals surface area contributed by atoms with Gasteiger partial charge in [-0.1, -0.05) is 5.92 Å². The van der Waals surface area contributed by atoms with Gasteiger partial charge in [-0.05, 0) is 0 Å². The maximum absolute atomic E-state index is 9.66. The summed E-state index contributed by atoms with van der Waals surface area (Å²) in [5, 5.41) is 0. The van der Waals surface area contributed by atoms with Crippen LogP contribution in [0.2, 0.25) is 0 Å². The van der Waals surface area contributed by atoms with Crippen LogP contribution in [0.25, 0.3) is 0 Å². The van der Waals surface area contributed by atoms with Crippen LogP contribution in [-0.4, -0.2) is 12.7 Å². The summed E-state index contributed by atoms with van der Waals surface area (Å²) in [4.78, 5) is 9.66. The molecule has 2 N–H and O–H groups in total. The number of amides is 1. The van der Waals surface area contributed by atoms with Gasteiger partial charge in [-0.25, -0.2) is 4.79 Å². The summed E-state index contributed by atoms with van der Waals surface area (Å²) < 4.78 is 4.09. The highest BCUT2D eigenvalue weighted by molar-refractivity contribution is 5.85. The molecule has 0 fully saturated rings. The second kappa shape index (κ2) is 6.12. The van der Waals surface area contributed by atoms with Crippen molar-refractivity contribution in [1.29, 1.82) is 0 Å². The highest BCUT2D eigenvalue weighted by atomic mass is 35.5. The molecule has 1 amide bonds. The van der Waals surface area contributed by atoms with Gasteiger partial charge in [-0.2, -0.15) is 0 Å². The van der Waals surface area contributed by atoms with Crippen molar-refractivity contribution < 1.29 is 9.53 Å². The number of primary amides is 1. The summed E-state index contributed by atoms with van der Waals surface area (Å²) >= 11 is 0. The Bertz CT molecular complexity index is 107. The molecule has 0 aromatic rings. The van der Waals surface area contributed by atoms with Crippen LogP contribution in [0, 0.1) is 12.3 Å². The lowest BCUT2D eigenvalue weighted by Crippen LogP contribution is -2.12. The van der Waals surface area contributed by atoms with Crippen molar-refractivity contribution in [3.05, 3.63) is 0 Å². The standard InChI is InChI=1S/C4H5NO2.ClH/c1-2-3-7-4(5)6;/h1H,3H2,(H2,5,6);1H. The van der Waals surface area contributed by atoms with E-state index in [-0.39, 0.29) is 19.0 Å². The summed E-state index contributed by atoms with van der Waals surface area (Å²) in [6, 6.07) is 0. The molecule has 0 heterocycles. The Kier molecular flexibility index (Phi) is 7.78. The van der Waals surface area contributed by atoms with E-state index in [9.17, 15) is 4.79 Å². The van der Waals surface area contributed by atoms with Gasteiger partial charge in [0, 0.05) is 0 Å². The quantitative estimate of drug-likeness (QED) is 0.520. The number of halogens is 1. The van der Waals surface area contributed by atoms with Gasteiger partial charge in [0.05, 0.1) is 0 Å². The van der Waals surface area contributed by atoms with E-state index >= 15 is 0 Å². The maximum atomic E-state index is 9.66. The molecule has 0 aromatic carbocycles. The smallest absolute Gasteiger partial charge is 0.405 e. The highest BCUT2D eigenvalue weighted by Crippen LogP contribution is 1.66. The van der Waals surface area contributed by atoms with Gasteiger partial charge in [-0.15, -0.1) is 18.8 Å². The van der Waals surface area contributed by atoms with E-state index in [2.05, 4.69) is 16.4 Å². The average Bonchev–Trinajstić information content (AvgIpc) is 1.61. The molecule has 0 aliphatic carbocycles. The lowest BCUT2D eigenvalue weighted by Gasteiger charge is -1.88. The number of nitrogens with two attached hydrogens (primary N) is 1. The van der Waals surface area contributed by atoms with E-state index in [1.807, 2.05) is 0 Å². The molecule has 0 bridgehead atoms. The fourth-order valence-corrected chi connectivity index (χ4v) is 0.113. The van der Waals surface area contributed by atoms with Crippen LogP contribution < -0.4 is 5.73 Å². The van der Waals surface area contributed by atoms with Crippen molar-refractivity contribution in [1.82, 2.24) is 0 Å². The van der Waals surface area contributed by atoms with Crippen molar-refractivity contribution in [3.63, 3.8) is 0 Å². The number of rotatable bonds is 1. The van der Waals surface area contributed by atoms with Crippen molar-refractivity contribution in [3.8, 4) is 12.3 Å². The fraction of sp³-hybridized carbons (Fsp3) is 0.250. The lowest BCUT2D eigenvalue weighted by atomic mass is 10.8. The summed E-state index contributed by atoms with van der Waals surface area (Å²) in [5.41, 5.74) is 4.52. The van der Waals surface area contributed by atoms with Crippen LogP contribution in [0.15, 0.2) is 0 Å². The molecular formula is C4H6ClNO2. The molecule has 0 atom stereocenters. The Morgan fingerprint density at radius 1 is 1.88 bits per heavy atom. The fourth-order valence-electron chi connectivity index (χ4n) is 0.113. The first-order valence-corrected chi connectivity index (χ1v) is 1.63. The van der Waals surface area contributed by atoms with E-state index in [4.69, 9.17) is 6.42 Å². The Balaban J connectivity index is 0. The molecule has 0 radical (unpaired) electrons. The predicted octanol–water partition coefficient (Wildman–Crippen LogP) is 0.137. The largest absolute Gasteiger partial charge is 0.437 e. The summed E-state index contributed by atoms with van der Waals surface area (Å²) in [6.45, 7) is -0.0463. The zero-order valence-corrected chi connectivity index (χ0v) is 4.90. The van der Waals surface area contributed by atoms with E-state index in [1.54, 1.807) is 0 Å². The van der Waals surface area contributed by atoms with E-state index in [0.717, 1.165) is 0 Å². The van der Waals surface area contributed by atoms with Gasteiger partial charge in [0.1, 0.15) is 0 Å². The Hall–Kier alpha value is -0.880. The molecule has 0 aliphatic rings. The molecule has 0 saturated heterocycles. The van der Waals surface area contributed by atoms with E-state index in [0.29, 0.717) is 0 Å². The van der Waals surface area contributed by atoms with Gasteiger partial charge in [0.25, 0.3) is 0 Å². The third-order valence-electron chi connectivity index (χ3n) is 0.298. The van der Waals surface area contributed by atoms with Crippen LogP contribution in [-0.2, 0) is 4.74 Å². The molecular weight excluding hydrogens is 130 g/mol. The normalized spacial score (nSPS) is 5.88. The summed E-state index contributed by atoms with van der Waals surface area (Å²) in [7, 11) is 0. The van der Waals surface area contributed by atoms with Crippen LogP contribution in [0.1, 0.15) is 0 Å². The zero-order valence-electron chi connectivity index (χ0n) is 4.09. The van der Waals surface area contributed by atoms with E-state index in [1.165, 1.54) is 0 Å². The molecule has 0 saturated carbocycles. The first-order chi connectivity index (χ1) is 3.27. The Morgan fingerprint density at radius 3 is 2.50 bits per heavy atom. The number of ether oxygens (including phenoxy) is 1.